The van der Waals surface area contributed by atoms with Crippen LogP contribution in [-0.4, -0.2) is 24.5 Å². The molecule has 3 rings (SSSR count). The molecule has 0 aliphatic carbocycles. The van der Waals surface area contributed by atoms with Gasteiger partial charge in [-0.3, -0.25) is 14.2 Å². The Morgan fingerprint density at radius 3 is 2.41 bits per heavy atom. The molecule has 0 aromatic heterocycles. The smallest absolute Gasteiger partial charge is 0.309 e. The largest absolute Gasteiger partial charge is 0.465 e. The molecule has 2 aromatic carbocycles. The second-order valence-corrected chi connectivity index (χ2v) is 9.69. The number of ketones is 1. The summed E-state index contributed by atoms with van der Waals surface area (Å²) in [5.74, 6) is -0.755. The predicted octanol–water partition coefficient (Wildman–Crippen LogP) is 4.98. The number of fused-ring (bicyclic) bond motifs is 3. The van der Waals surface area contributed by atoms with Gasteiger partial charge in [0.05, 0.1) is 24.0 Å². The van der Waals surface area contributed by atoms with Gasteiger partial charge in [-0.25, -0.2) is 0 Å². The summed E-state index contributed by atoms with van der Waals surface area (Å²) in [7, 11) is -3.41. The highest BCUT2D eigenvalue weighted by molar-refractivity contribution is 7.67. The molecule has 0 saturated carbocycles. The van der Waals surface area contributed by atoms with E-state index in [0.717, 1.165) is 11.1 Å². The summed E-state index contributed by atoms with van der Waals surface area (Å²) < 4.78 is 25.3. The first-order chi connectivity index (χ1) is 14.0. The van der Waals surface area contributed by atoms with E-state index < -0.39 is 19.3 Å². The van der Waals surface area contributed by atoms with Gasteiger partial charge in [-0.15, -0.1) is 0 Å². The zero-order valence-electron chi connectivity index (χ0n) is 16.9. The summed E-state index contributed by atoms with van der Waals surface area (Å²) in [6.07, 6.45) is 1.76. The van der Waals surface area contributed by atoms with E-state index in [2.05, 4.69) is 0 Å². The topological polar surface area (TPSA) is 69.7 Å². The Kier molecular flexibility index (Phi) is 6.92. The van der Waals surface area contributed by atoms with Crippen molar-refractivity contribution in [3.8, 4) is 16.9 Å². The molecular formula is C23H27O5P. The van der Waals surface area contributed by atoms with Crippen LogP contribution < -0.4 is 9.83 Å². The molecule has 0 saturated heterocycles. The van der Waals surface area contributed by atoms with Gasteiger partial charge < -0.3 is 9.26 Å². The molecule has 5 nitrogen and oxygen atoms in total. The molecule has 2 aromatic rings. The molecule has 0 radical (unpaired) electrons. The minimum atomic E-state index is -3.41. The second-order valence-electron chi connectivity index (χ2n) is 7.32. The number of Topliss-reactive ketones (excluding diaryl/α,β-unsaturated/α-hetero) is 1. The van der Waals surface area contributed by atoms with Gasteiger partial charge in [0, 0.05) is 18.4 Å². The number of benzene rings is 2. The number of rotatable bonds is 9. The third kappa shape index (κ3) is 4.79. The van der Waals surface area contributed by atoms with E-state index in [1.54, 1.807) is 12.1 Å². The molecule has 2 atom stereocenters. The Labute approximate surface area is 171 Å². The van der Waals surface area contributed by atoms with E-state index in [0.29, 0.717) is 30.3 Å². The molecule has 6 heteroatoms. The predicted molar refractivity (Wildman–Crippen MR) is 114 cm³/mol. The molecular weight excluding hydrogens is 387 g/mol. The van der Waals surface area contributed by atoms with Crippen LogP contribution in [-0.2, 0) is 18.9 Å². The summed E-state index contributed by atoms with van der Waals surface area (Å²) in [6.45, 7) is 4.10. The number of carbonyl (C=O) groups is 2. The summed E-state index contributed by atoms with van der Waals surface area (Å²) in [4.78, 5) is 24.9. The summed E-state index contributed by atoms with van der Waals surface area (Å²) in [6, 6.07) is 14.8. The van der Waals surface area contributed by atoms with E-state index in [1.165, 1.54) is 0 Å². The van der Waals surface area contributed by atoms with E-state index >= 15 is 0 Å². The highest BCUT2D eigenvalue weighted by Crippen LogP contribution is 2.55. The van der Waals surface area contributed by atoms with Crippen LogP contribution in [0.3, 0.4) is 0 Å². The molecule has 29 heavy (non-hydrogen) atoms. The second kappa shape index (κ2) is 9.41. The van der Waals surface area contributed by atoms with Crippen molar-refractivity contribution in [3.05, 3.63) is 48.5 Å². The zero-order chi connectivity index (χ0) is 20.9. The number of hydrogen-bond donors (Lipinski definition) is 0. The third-order valence-electron chi connectivity index (χ3n) is 4.94. The van der Waals surface area contributed by atoms with E-state index in [4.69, 9.17) is 9.26 Å². The molecule has 154 valence electrons. The molecule has 1 heterocycles. The highest BCUT2D eigenvalue weighted by Gasteiger charge is 2.40. The maximum atomic E-state index is 14.0. The minimum Gasteiger partial charge on any atom is -0.465 e. The molecule has 0 bridgehead atoms. The molecule has 1 aliphatic rings. The van der Waals surface area contributed by atoms with E-state index in [-0.39, 0.29) is 25.0 Å². The van der Waals surface area contributed by atoms with Crippen molar-refractivity contribution in [2.45, 2.75) is 39.5 Å². The van der Waals surface area contributed by atoms with Gasteiger partial charge in [0.15, 0.2) is 0 Å². The van der Waals surface area contributed by atoms with Gasteiger partial charge in [-0.2, -0.15) is 0 Å². The zero-order valence-corrected chi connectivity index (χ0v) is 17.8. The van der Waals surface area contributed by atoms with Crippen molar-refractivity contribution in [3.63, 3.8) is 0 Å². The van der Waals surface area contributed by atoms with Crippen LogP contribution >= 0.6 is 7.37 Å². The van der Waals surface area contributed by atoms with Crippen molar-refractivity contribution in [1.29, 1.82) is 0 Å². The van der Waals surface area contributed by atoms with Crippen molar-refractivity contribution in [1.82, 2.24) is 0 Å². The fourth-order valence-corrected chi connectivity index (χ4v) is 6.18. The van der Waals surface area contributed by atoms with Gasteiger partial charge in [0.2, 0.25) is 0 Å². The van der Waals surface area contributed by atoms with E-state index in [9.17, 15) is 14.2 Å². The van der Waals surface area contributed by atoms with Gasteiger partial charge in [0.1, 0.15) is 11.5 Å². The van der Waals surface area contributed by atoms with Crippen LogP contribution in [0.2, 0.25) is 0 Å². The summed E-state index contributed by atoms with van der Waals surface area (Å²) in [5.41, 5.74) is 1.72. The van der Waals surface area contributed by atoms with Crippen molar-refractivity contribution < 1.29 is 23.4 Å². The molecule has 0 spiro atoms. The lowest BCUT2D eigenvalue weighted by atomic mass is 10.0. The Morgan fingerprint density at radius 2 is 1.69 bits per heavy atom. The first-order valence-electron chi connectivity index (χ1n) is 10.1. The average molecular weight is 414 g/mol. The van der Waals surface area contributed by atoms with Crippen LogP contribution in [0.25, 0.3) is 11.1 Å². The number of para-hydroxylation sites is 1. The maximum Gasteiger partial charge on any atom is 0.309 e. The SMILES string of the molecule is CCCOC(=O)C(CC(=O)CCC)CP1(=O)Oc2ccccc2-c2ccccc21. The Bertz CT molecular complexity index is 936. The number of hydrogen-bond acceptors (Lipinski definition) is 5. The molecule has 2 unspecified atom stereocenters. The lowest BCUT2D eigenvalue weighted by Gasteiger charge is -2.30. The van der Waals surface area contributed by atoms with Crippen LogP contribution in [0.4, 0.5) is 0 Å². The number of ether oxygens (including phenoxy) is 1. The Morgan fingerprint density at radius 1 is 1.00 bits per heavy atom. The molecule has 1 aliphatic heterocycles. The standard InChI is InChI=1S/C23H27O5P/c1-3-9-18(24)15-17(23(25)27-14-4-2)16-29(26)22-13-8-6-11-20(22)19-10-5-7-12-21(19)28-29/h5-8,10-13,17H,3-4,9,14-16H2,1-2H3. The lowest BCUT2D eigenvalue weighted by molar-refractivity contribution is -0.149. The molecule has 0 fully saturated rings. The monoisotopic (exact) mass is 414 g/mol. The molecule has 0 N–H and O–H groups in total. The Balaban J connectivity index is 1.95. The number of esters is 1. The Hall–Kier alpha value is -2.39. The normalized spacial score (nSPS) is 18.1. The quantitative estimate of drug-likeness (QED) is 0.428. The van der Waals surface area contributed by atoms with Crippen molar-refractivity contribution in [2.75, 3.05) is 12.8 Å². The van der Waals surface area contributed by atoms with Crippen LogP contribution in [0.5, 0.6) is 5.75 Å². The van der Waals surface area contributed by atoms with Crippen LogP contribution in [0.15, 0.2) is 48.5 Å². The fourth-order valence-electron chi connectivity index (χ4n) is 3.60. The van der Waals surface area contributed by atoms with Gasteiger partial charge >= 0.3 is 5.97 Å². The lowest BCUT2D eigenvalue weighted by Crippen LogP contribution is -2.29. The molecule has 0 amide bonds. The van der Waals surface area contributed by atoms with Crippen LogP contribution in [0.1, 0.15) is 39.5 Å². The summed E-state index contributed by atoms with van der Waals surface area (Å²) in [5, 5.41) is 0.593. The first kappa shape index (κ1) is 21.3. The number of carbonyl (C=O) groups excluding carboxylic acids is 2. The average Bonchev–Trinajstić information content (AvgIpc) is 2.72. The third-order valence-corrected chi connectivity index (χ3v) is 7.48. The minimum absolute atomic E-state index is 0.0214. The van der Waals surface area contributed by atoms with Gasteiger partial charge in [-0.05, 0) is 30.5 Å². The fraction of sp³-hybridized carbons (Fsp3) is 0.391. The first-order valence-corrected chi connectivity index (χ1v) is 12.0. The van der Waals surface area contributed by atoms with Gasteiger partial charge in [-0.1, -0.05) is 50.2 Å². The highest BCUT2D eigenvalue weighted by atomic mass is 31.2. The van der Waals surface area contributed by atoms with Crippen LogP contribution in [0, 0.1) is 5.92 Å². The van der Waals surface area contributed by atoms with Gasteiger partial charge in [0.25, 0.3) is 7.37 Å². The van der Waals surface area contributed by atoms with Crippen molar-refractivity contribution >= 4 is 24.4 Å². The maximum absolute atomic E-state index is 14.0. The van der Waals surface area contributed by atoms with E-state index in [1.807, 2.05) is 50.2 Å². The van der Waals surface area contributed by atoms with Crippen molar-refractivity contribution in [2.24, 2.45) is 5.92 Å². The summed E-state index contributed by atoms with van der Waals surface area (Å²) >= 11 is 0.